The van der Waals surface area contributed by atoms with Crippen molar-refractivity contribution in [3.05, 3.63) is 62.0 Å². The number of aryl methyl sites for hydroxylation is 1. The van der Waals surface area contributed by atoms with Gasteiger partial charge in [-0.15, -0.1) is 0 Å². The molecule has 0 saturated heterocycles. The van der Waals surface area contributed by atoms with Crippen molar-refractivity contribution in [2.75, 3.05) is 7.11 Å². The summed E-state index contributed by atoms with van der Waals surface area (Å²) in [7, 11) is 1.66. The molecule has 0 aliphatic carbocycles. The number of hydrogen-bond acceptors (Lipinski definition) is 2. The Balaban J connectivity index is 2.21. The van der Waals surface area contributed by atoms with Gasteiger partial charge in [0, 0.05) is 10.5 Å². The number of ether oxygens (including phenoxy) is 1. The average Bonchev–Trinajstić information content (AvgIpc) is 2.41. The van der Waals surface area contributed by atoms with Crippen molar-refractivity contribution in [1.82, 2.24) is 0 Å². The van der Waals surface area contributed by atoms with Gasteiger partial charge in [0.1, 0.15) is 5.75 Å². The summed E-state index contributed by atoms with van der Waals surface area (Å²) in [6, 6.07) is 12.3. The molecule has 1 unspecified atom stereocenters. The van der Waals surface area contributed by atoms with Crippen LogP contribution in [0.2, 0.25) is 0 Å². The molecule has 4 heteroatoms. The van der Waals surface area contributed by atoms with Crippen molar-refractivity contribution in [3.63, 3.8) is 0 Å². The molecule has 2 nitrogen and oxygen atoms in total. The zero-order valence-electron chi connectivity index (χ0n) is 11.5. The van der Waals surface area contributed by atoms with Gasteiger partial charge in [0.05, 0.1) is 11.6 Å². The van der Waals surface area contributed by atoms with Crippen molar-refractivity contribution in [3.8, 4) is 5.75 Å². The molecule has 1 atom stereocenters. The molecule has 0 saturated carbocycles. The minimum Gasteiger partial charge on any atom is -0.496 e. The molecule has 2 aromatic carbocycles. The van der Waals surface area contributed by atoms with E-state index < -0.39 is 0 Å². The molecular weight excluding hydrogens is 382 g/mol. The van der Waals surface area contributed by atoms with E-state index in [2.05, 4.69) is 63.0 Å². The van der Waals surface area contributed by atoms with Crippen molar-refractivity contribution in [2.45, 2.75) is 19.4 Å². The highest BCUT2D eigenvalue weighted by Gasteiger charge is 2.12. The molecule has 0 aliphatic rings. The van der Waals surface area contributed by atoms with E-state index in [1.807, 2.05) is 12.1 Å². The molecule has 20 heavy (non-hydrogen) atoms. The first-order chi connectivity index (χ1) is 9.51. The third-order valence-electron chi connectivity index (χ3n) is 3.22. The first-order valence-electron chi connectivity index (χ1n) is 6.35. The second-order valence-electron chi connectivity index (χ2n) is 4.80. The van der Waals surface area contributed by atoms with Gasteiger partial charge in [-0.1, -0.05) is 39.7 Å². The second kappa shape index (κ2) is 6.74. The van der Waals surface area contributed by atoms with Gasteiger partial charge in [-0.2, -0.15) is 0 Å². The van der Waals surface area contributed by atoms with Gasteiger partial charge >= 0.3 is 0 Å². The van der Waals surface area contributed by atoms with Crippen LogP contribution in [0.15, 0.2) is 45.3 Å². The molecule has 2 rings (SSSR count). The van der Waals surface area contributed by atoms with E-state index >= 15 is 0 Å². The number of halogens is 2. The summed E-state index contributed by atoms with van der Waals surface area (Å²) in [5, 5.41) is 0. The monoisotopic (exact) mass is 397 g/mol. The Morgan fingerprint density at radius 3 is 2.50 bits per heavy atom. The van der Waals surface area contributed by atoms with Crippen LogP contribution < -0.4 is 10.5 Å². The van der Waals surface area contributed by atoms with Gasteiger partial charge in [0.15, 0.2) is 0 Å². The van der Waals surface area contributed by atoms with E-state index in [9.17, 15) is 0 Å². The number of hydrogen-bond donors (Lipinski definition) is 1. The average molecular weight is 399 g/mol. The largest absolute Gasteiger partial charge is 0.496 e. The van der Waals surface area contributed by atoms with Gasteiger partial charge in [0.25, 0.3) is 0 Å². The van der Waals surface area contributed by atoms with Crippen LogP contribution in [0.3, 0.4) is 0 Å². The molecule has 2 N–H and O–H groups in total. The SMILES string of the molecule is COc1ccc(CC(N)c2cc(C)ccc2Br)cc1Br. The van der Waals surface area contributed by atoms with Gasteiger partial charge in [-0.05, 0) is 58.6 Å². The van der Waals surface area contributed by atoms with Crippen LogP contribution >= 0.6 is 31.9 Å². The van der Waals surface area contributed by atoms with Gasteiger partial charge in [0.2, 0.25) is 0 Å². The smallest absolute Gasteiger partial charge is 0.133 e. The molecule has 0 fully saturated rings. The summed E-state index contributed by atoms with van der Waals surface area (Å²) in [6.07, 6.45) is 0.782. The standard InChI is InChI=1S/C16H17Br2NO/c1-10-3-5-13(17)12(7-10)15(19)9-11-4-6-16(20-2)14(18)8-11/h3-8,15H,9,19H2,1-2H3. The molecule has 0 radical (unpaired) electrons. The second-order valence-corrected chi connectivity index (χ2v) is 6.51. The predicted octanol–water partition coefficient (Wildman–Crippen LogP) is 4.77. The first kappa shape index (κ1) is 15.5. The first-order valence-corrected chi connectivity index (χ1v) is 7.94. The third-order valence-corrected chi connectivity index (χ3v) is 4.56. The Morgan fingerprint density at radius 1 is 1.10 bits per heavy atom. The zero-order valence-corrected chi connectivity index (χ0v) is 14.7. The summed E-state index contributed by atoms with van der Waals surface area (Å²) in [4.78, 5) is 0. The third kappa shape index (κ3) is 3.62. The van der Waals surface area contributed by atoms with Crippen LogP contribution in [-0.4, -0.2) is 7.11 Å². The van der Waals surface area contributed by atoms with Crippen molar-refractivity contribution in [2.24, 2.45) is 5.73 Å². The quantitative estimate of drug-likeness (QED) is 0.804. The lowest BCUT2D eigenvalue weighted by Gasteiger charge is -2.15. The summed E-state index contributed by atoms with van der Waals surface area (Å²) in [6.45, 7) is 2.08. The Kier molecular flexibility index (Phi) is 5.24. The number of rotatable bonds is 4. The van der Waals surface area contributed by atoms with Crippen LogP contribution in [-0.2, 0) is 6.42 Å². The fraction of sp³-hybridized carbons (Fsp3) is 0.250. The summed E-state index contributed by atoms with van der Waals surface area (Å²) in [5.41, 5.74) is 9.87. The molecule has 0 spiro atoms. The Morgan fingerprint density at radius 2 is 1.85 bits per heavy atom. The maximum atomic E-state index is 6.34. The summed E-state index contributed by atoms with van der Waals surface area (Å²) in [5.74, 6) is 0.832. The van der Waals surface area contributed by atoms with Gasteiger partial charge < -0.3 is 10.5 Å². The van der Waals surface area contributed by atoms with Crippen molar-refractivity contribution < 1.29 is 4.74 Å². The normalized spacial score (nSPS) is 12.2. The minimum absolute atomic E-state index is 0.0374. The van der Waals surface area contributed by atoms with Crippen molar-refractivity contribution >= 4 is 31.9 Å². The molecule has 106 valence electrons. The number of benzene rings is 2. The van der Waals surface area contributed by atoms with Crippen LogP contribution in [0.5, 0.6) is 5.75 Å². The number of methoxy groups -OCH3 is 1. The minimum atomic E-state index is -0.0374. The highest BCUT2D eigenvalue weighted by molar-refractivity contribution is 9.10. The van der Waals surface area contributed by atoms with Crippen molar-refractivity contribution in [1.29, 1.82) is 0 Å². The number of nitrogens with two attached hydrogens (primary N) is 1. The Labute approximate surface area is 136 Å². The lowest BCUT2D eigenvalue weighted by molar-refractivity contribution is 0.412. The predicted molar refractivity (Wildman–Crippen MR) is 90.2 cm³/mol. The fourth-order valence-corrected chi connectivity index (χ4v) is 3.28. The maximum Gasteiger partial charge on any atom is 0.133 e. The van der Waals surface area contributed by atoms with E-state index in [1.54, 1.807) is 7.11 Å². The summed E-state index contributed by atoms with van der Waals surface area (Å²) >= 11 is 7.08. The van der Waals surface area contributed by atoms with E-state index in [0.29, 0.717) is 0 Å². The highest BCUT2D eigenvalue weighted by Crippen LogP contribution is 2.29. The van der Waals surface area contributed by atoms with Crippen LogP contribution in [0.25, 0.3) is 0 Å². The van der Waals surface area contributed by atoms with Crippen LogP contribution in [0.4, 0.5) is 0 Å². The van der Waals surface area contributed by atoms with Crippen LogP contribution in [0.1, 0.15) is 22.7 Å². The van der Waals surface area contributed by atoms with Gasteiger partial charge in [-0.3, -0.25) is 0 Å². The lowest BCUT2D eigenvalue weighted by Crippen LogP contribution is -2.14. The van der Waals surface area contributed by atoms with E-state index in [1.165, 1.54) is 11.1 Å². The highest BCUT2D eigenvalue weighted by atomic mass is 79.9. The van der Waals surface area contributed by atoms with E-state index in [4.69, 9.17) is 10.5 Å². The van der Waals surface area contributed by atoms with Gasteiger partial charge in [-0.25, -0.2) is 0 Å². The maximum absolute atomic E-state index is 6.34. The molecule has 0 aliphatic heterocycles. The molecule has 2 aromatic rings. The molecule has 0 amide bonds. The topological polar surface area (TPSA) is 35.2 Å². The fourth-order valence-electron chi connectivity index (χ4n) is 2.15. The summed E-state index contributed by atoms with van der Waals surface area (Å²) < 4.78 is 7.25. The van der Waals surface area contributed by atoms with E-state index in [0.717, 1.165) is 26.7 Å². The Hall–Kier alpha value is -0.840. The van der Waals surface area contributed by atoms with E-state index in [-0.39, 0.29) is 6.04 Å². The Bertz CT molecular complexity index is 613. The molecule has 0 aromatic heterocycles. The molecule has 0 bridgehead atoms. The molecular formula is C16H17Br2NO. The van der Waals surface area contributed by atoms with Crippen LogP contribution in [0, 0.1) is 6.92 Å². The zero-order chi connectivity index (χ0) is 14.7. The molecule has 0 heterocycles. The lowest BCUT2D eigenvalue weighted by atomic mass is 9.98.